The molecule has 4 heteroatoms. The lowest BCUT2D eigenvalue weighted by Gasteiger charge is -2.26. The number of methoxy groups -OCH3 is 1. The van der Waals surface area contributed by atoms with E-state index in [0.29, 0.717) is 5.75 Å². The Hall–Kier alpha value is -2.62. The monoisotopic (exact) mass is 326 g/mol. The van der Waals surface area contributed by atoms with E-state index in [9.17, 15) is 9.59 Å². The van der Waals surface area contributed by atoms with Gasteiger partial charge in [0.2, 0.25) is 0 Å². The second-order valence-electron chi connectivity index (χ2n) is 6.24. The van der Waals surface area contributed by atoms with Gasteiger partial charge in [-0.3, -0.25) is 9.59 Å². The van der Waals surface area contributed by atoms with Gasteiger partial charge < -0.3 is 9.47 Å². The molecule has 4 nitrogen and oxygen atoms in total. The molecule has 0 bridgehead atoms. The molecular weight excluding hydrogens is 304 g/mol. The number of hydrogen-bond donors (Lipinski definition) is 0. The average Bonchev–Trinajstić information content (AvgIpc) is 2.55. The molecule has 0 aromatic heterocycles. The minimum Gasteiger partial charge on any atom is -0.469 e. The van der Waals surface area contributed by atoms with Crippen molar-refractivity contribution in [1.82, 2.24) is 0 Å². The van der Waals surface area contributed by atoms with Crippen molar-refractivity contribution >= 4 is 11.9 Å². The van der Waals surface area contributed by atoms with Gasteiger partial charge in [0.1, 0.15) is 12.2 Å². The topological polar surface area (TPSA) is 52.6 Å². The predicted octanol–water partition coefficient (Wildman–Crippen LogP) is 3.79. The zero-order valence-corrected chi connectivity index (χ0v) is 14.5. The van der Waals surface area contributed by atoms with Crippen LogP contribution in [0.25, 0.3) is 0 Å². The average molecular weight is 326 g/mol. The van der Waals surface area contributed by atoms with Gasteiger partial charge in [-0.1, -0.05) is 55.8 Å². The Kier molecular flexibility index (Phi) is 5.39. The third kappa shape index (κ3) is 4.22. The van der Waals surface area contributed by atoms with Crippen LogP contribution < -0.4 is 4.74 Å². The Balaban J connectivity index is 2.12. The van der Waals surface area contributed by atoms with Crippen molar-refractivity contribution in [3.63, 3.8) is 0 Å². The summed E-state index contributed by atoms with van der Waals surface area (Å²) in [5.74, 6) is -0.836. The SMILES string of the molecule is COC(=O)CC(=O)Oc1ccc(C(C)(C)c2ccc(C)cc2)cc1. The van der Waals surface area contributed by atoms with Crippen LogP contribution in [0.4, 0.5) is 0 Å². The van der Waals surface area contributed by atoms with E-state index in [-0.39, 0.29) is 5.41 Å². The standard InChI is InChI=1S/C20H22O4/c1-14-5-7-15(8-6-14)20(2,3)16-9-11-17(12-10-16)24-19(22)13-18(21)23-4/h5-12H,13H2,1-4H3. The van der Waals surface area contributed by atoms with E-state index in [4.69, 9.17) is 4.74 Å². The van der Waals surface area contributed by atoms with Gasteiger partial charge in [0.25, 0.3) is 0 Å². The van der Waals surface area contributed by atoms with Crippen LogP contribution >= 0.6 is 0 Å². The van der Waals surface area contributed by atoms with Crippen molar-refractivity contribution < 1.29 is 19.1 Å². The molecule has 24 heavy (non-hydrogen) atoms. The maximum Gasteiger partial charge on any atom is 0.322 e. The van der Waals surface area contributed by atoms with Gasteiger partial charge in [0.15, 0.2) is 0 Å². The molecule has 0 aliphatic heterocycles. The molecule has 126 valence electrons. The first-order valence-corrected chi connectivity index (χ1v) is 7.78. The highest BCUT2D eigenvalue weighted by Gasteiger charge is 2.23. The molecule has 2 aromatic rings. The largest absolute Gasteiger partial charge is 0.469 e. The zero-order valence-electron chi connectivity index (χ0n) is 14.5. The molecule has 0 spiro atoms. The van der Waals surface area contributed by atoms with Crippen molar-refractivity contribution in [2.24, 2.45) is 0 Å². The number of rotatable bonds is 5. The van der Waals surface area contributed by atoms with Gasteiger partial charge in [-0.25, -0.2) is 0 Å². The number of ether oxygens (including phenoxy) is 2. The summed E-state index contributed by atoms with van der Waals surface area (Å²) in [6.45, 7) is 6.36. The number of hydrogen-bond acceptors (Lipinski definition) is 4. The Morgan fingerprint density at radius 3 is 1.88 bits per heavy atom. The van der Waals surface area contributed by atoms with E-state index in [2.05, 4.69) is 49.8 Å². The van der Waals surface area contributed by atoms with E-state index in [1.165, 1.54) is 18.2 Å². The molecule has 0 saturated carbocycles. The minimum atomic E-state index is -0.632. The highest BCUT2D eigenvalue weighted by Crippen LogP contribution is 2.32. The molecule has 0 aliphatic rings. The highest BCUT2D eigenvalue weighted by atomic mass is 16.5. The maximum absolute atomic E-state index is 11.6. The van der Waals surface area contributed by atoms with Crippen LogP contribution in [0.5, 0.6) is 5.75 Å². The molecule has 0 saturated heterocycles. The Bertz CT molecular complexity index is 712. The second kappa shape index (κ2) is 7.30. The minimum absolute atomic E-state index is 0.164. The van der Waals surface area contributed by atoms with Crippen LogP contribution in [0.3, 0.4) is 0 Å². The third-order valence-corrected chi connectivity index (χ3v) is 4.10. The normalized spacial score (nSPS) is 11.0. The van der Waals surface area contributed by atoms with Crippen molar-refractivity contribution in [3.8, 4) is 5.75 Å². The fourth-order valence-corrected chi connectivity index (χ4v) is 2.43. The van der Waals surface area contributed by atoms with Gasteiger partial charge in [-0.2, -0.15) is 0 Å². The van der Waals surface area contributed by atoms with Gasteiger partial charge in [0.05, 0.1) is 7.11 Å². The lowest BCUT2D eigenvalue weighted by Crippen LogP contribution is -2.19. The zero-order chi connectivity index (χ0) is 17.7. The summed E-state index contributed by atoms with van der Waals surface area (Å²) in [4.78, 5) is 22.6. The predicted molar refractivity (Wildman–Crippen MR) is 92.0 cm³/mol. The fourth-order valence-electron chi connectivity index (χ4n) is 2.43. The van der Waals surface area contributed by atoms with Crippen molar-refractivity contribution in [2.45, 2.75) is 32.6 Å². The molecule has 0 atom stereocenters. The first-order chi connectivity index (χ1) is 11.3. The fraction of sp³-hybridized carbons (Fsp3) is 0.300. The Morgan fingerprint density at radius 1 is 0.875 bits per heavy atom. The van der Waals surface area contributed by atoms with E-state index in [0.717, 1.165) is 5.56 Å². The quantitative estimate of drug-likeness (QED) is 0.476. The van der Waals surface area contributed by atoms with Crippen molar-refractivity contribution in [1.29, 1.82) is 0 Å². The van der Waals surface area contributed by atoms with Crippen molar-refractivity contribution in [2.75, 3.05) is 7.11 Å². The smallest absolute Gasteiger partial charge is 0.322 e. The lowest BCUT2D eigenvalue weighted by atomic mass is 9.78. The summed E-state index contributed by atoms with van der Waals surface area (Å²) in [5, 5.41) is 0. The summed E-state index contributed by atoms with van der Waals surface area (Å²) in [7, 11) is 1.23. The van der Waals surface area contributed by atoms with Crippen LogP contribution in [0.1, 0.15) is 37.0 Å². The van der Waals surface area contributed by atoms with Crippen LogP contribution in [0.2, 0.25) is 0 Å². The molecule has 0 heterocycles. The Morgan fingerprint density at radius 2 is 1.38 bits per heavy atom. The molecule has 0 N–H and O–H groups in total. The number of carbonyl (C=O) groups excluding carboxylic acids is 2. The number of carbonyl (C=O) groups is 2. The van der Waals surface area contributed by atoms with Crippen LogP contribution in [0, 0.1) is 6.92 Å². The van der Waals surface area contributed by atoms with Gasteiger partial charge >= 0.3 is 11.9 Å². The van der Waals surface area contributed by atoms with E-state index in [1.54, 1.807) is 12.1 Å². The van der Waals surface area contributed by atoms with E-state index < -0.39 is 18.4 Å². The lowest BCUT2D eigenvalue weighted by molar-refractivity contribution is -0.148. The van der Waals surface area contributed by atoms with Crippen LogP contribution in [-0.2, 0) is 19.7 Å². The first-order valence-electron chi connectivity index (χ1n) is 7.78. The molecule has 0 aliphatic carbocycles. The molecule has 0 fully saturated rings. The Labute approximate surface area is 142 Å². The summed E-state index contributed by atoms with van der Waals surface area (Å²) in [6, 6.07) is 15.8. The summed E-state index contributed by atoms with van der Waals surface area (Å²) >= 11 is 0. The molecule has 2 rings (SSSR count). The summed E-state index contributed by atoms with van der Waals surface area (Å²) in [6.07, 6.45) is -0.396. The van der Waals surface area contributed by atoms with E-state index >= 15 is 0 Å². The second-order valence-corrected chi connectivity index (χ2v) is 6.24. The van der Waals surface area contributed by atoms with Gasteiger partial charge in [-0.15, -0.1) is 0 Å². The molecular formula is C20H22O4. The molecule has 0 unspecified atom stereocenters. The first kappa shape index (κ1) is 17.7. The number of benzene rings is 2. The summed E-state index contributed by atoms with van der Waals surface area (Å²) < 4.78 is 9.58. The van der Waals surface area contributed by atoms with E-state index in [1.807, 2.05) is 12.1 Å². The van der Waals surface area contributed by atoms with Crippen LogP contribution in [-0.4, -0.2) is 19.0 Å². The van der Waals surface area contributed by atoms with Crippen molar-refractivity contribution in [3.05, 3.63) is 65.2 Å². The maximum atomic E-state index is 11.6. The third-order valence-electron chi connectivity index (χ3n) is 4.10. The molecule has 0 radical (unpaired) electrons. The highest BCUT2D eigenvalue weighted by molar-refractivity contribution is 5.92. The van der Waals surface area contributed by atoms with Gasteiger partial charge in [0, 0.05) is 5.41 Å². The van der Waals surface area contributed by atoms with Gasteiger partial charge in [-0.05, 0) is 30.2 Å². The number of esters is 2. The molecule has 2 aromatic carbocycles. The number of aryl methyl sites for hydroxylation is 1. The molecule has 0 amide bonds. The summed E-state index contributed by atoms with van der Waals surface area (Å²) in [5.41, 5.74) is 3.38. The van der Waals surface area contributed by atoms with Crippen LogP contribution in [0.15, 0.2) is 48.5 Å².